The molecule has 172 valence electrons. The Bertz CT molecular complexity index is 1020. The largest absolute Gasteiger partial charge is 0.347 e. The predicted octanol–water partition coefficient (Wildman–Crippen LogP) is 3.06. The lowest BCUT2D eigenvalue weighted by atomic mass is 10.1. The van der Waals surface area contributed by atoms with E-state index in [2.05, 4.69) is 58.3 Å². The van der Waals surface area contributed by atoms with Gasteiger partial charge < -0.3 is 9.80 Å². The smallest absolute Gasteiger partial charge is 0.253 e. The summed E-state index contributed by atoms with van der Waals surface area (Å²) in [7, 11) is 2.11. The van der Waals surface area contributed by atoms with Crippen molar-refractivity contribution in [1.29, 1.82) is 0 Å². The van der Waals surface area contributed by atoms with Crippen molar-refractivity contribution in [2.24, 2.45) is 4.99 Å². The van der Waals surface area contributed by atoms with Crippen molar-refractivity contribution < 1.29 is 4.79 Å². The van der Waals surface area contributed by atoms with Crippen molar-refractivity contribution in [3.05, 3.63) is 83.6 Å². The Balaban J connectivity index is 1.18. The van der Waals surface area contributed by atoms with E-state index in [-0.39, 0.29) is 12.2 Å². The molecule has 33 heavy (non-hydrogen) atoms. The second kappa shape index (κ2) is 9.49. The molecule has 2 unspecified atom stereocenters. The van der Waals surface area contributed by atoms with Gasteiger partial charge in [-0.2, -0.15) is 0 Å². The first-order valence-electron chi connectivity index (χ1n) is 12.0. The van der Waals surface area contributed by atoms with E-state index < -0.39 is 0 Å². The number of amides is 1. The monoisotopic (exact) mass is 443 g/mol. The molecule has 2 atom stereocenters. The highest BCUT2D eigenvalue weighted by Gasteiger charge is 2.35. The number of aryl methyl sites for hydroxylation is 1. The third-order valence-electron chi connectivity index (χ3n) is 7.09. The lowest BCUT2D eigenvalue weighted by Crippen LogP contribution is -2.53. The normalized spacial score (nSPS) is 24.2. The van der Waals surface area contributed by atoms with Crippen LogP contribution < -0.4 is 0 Å². The summed E-state index contributed by atoms with van der Waals surface area (Å²) >= 11 is 0. The second-order valence-electron chi connectivity index (χ2n) is 9.34. The SMILES string of the molecule is Cc1ccc(C(=O)N2CCN(C3CCN(C4N=C(c5ccccc5)C=CN4C)C3)CC2)cc1. The number of aliphatic imine (C=N–C) groups is 1. The van der Waals surface area contributed by atoms with Crippen molar-refractivity contribution >= 4 is 11.6 Å². The molecule has 6 heteroatoms. The molecule has 2 saturated heterocycles. The average Bonchev–Trinajstić information content (AvgIpc) is 3.35. The van der Waals surface area contributed by atoms with E-state index in [0.29, 0.717) is 6.04 Å². The highest BCUT2D eigenvalue weighted by Crippen LogP contribution is 2.24. The number of hydrogen-bond acceptors (Lipinski definition) is 5. The van der Waals surface area contributed by atoms with Gasteiger partial charge in [0.05, 0.1) is 5.71 Å². The maximum Gasteiger partial charge on any atom is 0.253 e. The number of carbonyl (C=O) groups is 1. The predicted molar refractivity (Wildman–Crippen MR) is 132 cm³/mol. The summed E-state index contributed by atoms with van der Waals surface area (Å²) in [5.41, 5.74) is 4.19. The van der Waals surface area contributed by atoms with Gasteiger partial charge in [0.15, 0.2) is 6.29 Å². The molecule has 1 amide bonds. The number of rotatable bonds is 4. The van der Waals surface area contributed by atoms with Crippen molar-refractivity contribution in [1.82, 2.24) is 19.6 Å². The van der Waals surface area contributed by atoms with Crippen LogP contribution in [0.3, 0.4) is 0 Å². The molecule has 3 aliphatic heterocycles. The van der Waals surface area contributed by atoms with E-state index in [9.17, 15) is 4.79 Å². The van der Waals surface area contributed by atoms with Crippen LogP contribution in [0.2, 0.25) is 0 Å². The Morgan fingerprint density at radius 3 is 2.36 bits per heavy atom. The standard InChI is InChI=1S/C27H33N5O/c1-21-8-10-23(11-9-21)26(33)31-18-16-30(17-19-31)24-12-15-32(20-24)27-28-25(13-14-29(27)2)22-6-4-3-5-7-22/h3-11,13-14,24,27H,12,15-20H2,1-2H3. The molecule has 2 aromatic carbocycles. The van der Waals surface area contributed by atoms with Gasteiger partial charge in [-0.15, -0.1) is 0 Å². The van der Waals surface area contributed by atoms with E-state index in [0.717, 1.165) is 62.5 Å². The Morgan fingerprint density at radius 2 is 1.64 bits per heavy atom. The van der Waals surface area contributed by atoms with Crippen LogP contribution in [0.15, 0.2) is 71.9 Å². The minimum absolute atomic E-state index is 0.0413. The van der Waals surface area contributed by atoms with Gasteiger partial charge in [0.2, 0.25) is 0 Å². The Kier molecular flexibility index (Phi) is 6.29. The average molecular weight is 444 g/mol. The summed E-state index contributed by atoms with van der Waals surface area (Å²) in [6.45, 7) is 7.58. The molecule has 0 aromatic heterocycles. The summed E-state index contributed by atoms with van der Waals surface area (Å²) < 4.78 is 0. The molecule has 5 rings (SSSR count). The van der Waals surface area contributed by atoms with Crippen molar-refractivity contribution in [2.45, 2.75) is 25.7 Å². The summed E-state index contributed by atoms with van der Waals surface area (Å²) in [5.74, 6) is 0.154. The molecule has 3 aliphatic rings. The van der Waals surface area contributed by atoms with Crippen LogP contribution in [0.5, 0.6) is 0 Å². The summed E-state index contributed by atoms with van der Waals surface area (Å²) in [5, 5.41) is 0. The van der Waals surface area contributed by atoms with Crippen LogP contribution in [0, 0.1) is 6.92 Å². The molecule has 0 spiro atoms. The number of hydrogen-bond donors (Lipinski definition) is 0. The fourth-order valence-corrected chi connectivity index (χ4v) is 5.09. The lowest BCUT2D eigenvalue weighted by Gasteiger charge is -2.39. The number of likely N-dealkylation sites (tertiary alicyclic amines) is 1. The first-order valence-corrected chi connectivity index (χ1v) is 12.0. The van der Waals surface area contributed by atoms with Crippen molar-refractivity contribution in [3.63, 3.8) is 0 Å². The third kappa shape index (κ3) is 4.72. The quantitative estimate of drug-likeness (QED) is 0.729. The van der Waals surface area contributed by atoms with Crippen molar-refractivity contribution in [2.75, 3.05) is 46.3 Å². The Hall–Kier alpha value is -2.96. The van der Waals surface area contributed by atoms with Crippen LogP contribution in [-0.4, -0.2) is 89.9 Å². The second-order valence-corrected chi connectivity index (χ2v) is 9.34. The maximum atomic E-state index is 12.9. The summed E-state index contributed by atoms with van der Waals surface area (Å²) in [4.78, 5) is 27.2. The molecule has 2 fully saturated rings. The minimum atomic E-state index is 0.0413. The number of carbonyl (C=O) groups excluding carboxylic acids is 1. The van der Waals surface area contributed by atoms with Gasteiger partial charge >= 0.3 is 0 Å². The van der Waals surface area contributed by atoms with Gasteiger partial charge in [-0.05, 0) is 37.1 Å². The molecule has 3 heterocycles. The number of benzene rings is 2. The van der Waals surface area contributed by atoms with E-state index in [4.69, 9.17) is 4.99 Å². The maximum absolute atomic E-state index is 12.9. The molecular weight excluding hydrogens is 410 g/mol. The van der Waals surface area contributed by atoms with E-state index in [1.165, 1.54) is 5.56 Å². The van der Waals surface area contributed by atoms with Crippen molar-refractivity contribution in [3.8, 4) is 0 Å². The van der Waals surface area contributed by atoms with Crippen LogP contribution in [0.25, 0.3) is 0 Å². The van der Waals surface area contributed by atoms with E-state index in [1.807, 2.05) is 42.2 Å². The summed E-state index contributed by atoms with van der Waals surface area (Å²) in [6.07, 6.45) is 5.43. The highest BCUT2D eigenvalue weighted by molar-refractivity contribution is 6.09. The van der Waals surface area contributed by atoms with Crippen LogP contribution in [0.1, 0.15) is 27.9 Å². The molecular formula is C27H33N5O. The zero-order chi connectivity index (χ0) is 22.8. The Morgan fingerprint density at radius 1 is 0.909 bits per heavy atom. The zero-order valence-electron chi connectivity index (χ0n) is 19.6. The molecule has 0 aliphatic carbocycles. The molecule has 0 radical (unpaired) electrons. The molecule has 6 nitrogen and oxygen atoms in total. The van der Waals surface area contributed by atoms with Gasteiger partial charge in [0.1, 0.15) is 0 Å². The minimum Gasteiger partial charge on any atom is -0.347 e. The van der Waals surface area contributed by atoms with E-state index >= 15 is 0 Å². The highest BCUT2D eigenvalue weighted by atomic mass is 16.2. The molecule has 0 bridgehead atoms. The third-order valence-corrected chi connectivity index (χ3v) is 7.09. The summed E-state index contributed by atoms with van der Waals surface area (Å²) in [6, 6.07) is 18.8. The Labute approximate surface area is 196 Å². The number of allylic oxidation sites excluding steroid dienone is 1. The fourth-order valence-electron chi connectivity index (χ4n) is 5.09. The fraction of sp³-hybridized carbons (Fsp3) is 0.407. The molecule has 2 aromatic rings. The van der Waals surface area contributed by atoms with E-state index in [1.54, 1.807) is 0 Å². The van der Waals surface area contributed by atoms with Gasteiger partial charge in [-0.3, -0.25) is 14.6 Å². The van der Waals surface area contributed by atoms with Gasteiger partial charge in [-0.1, -0.05) is 48.0 Å². The van der Waals surface area contributed by atoms with Gasteiger partial charge in [0, 0.05) is 64.1 Å². The zero-order valence-corrected chi connectivity index (χ0v) is 19.6. The number of nitrogens with zero attached hydrogens (tertiary/aromatic N) is 5. The number of piperazine rings is 1. The van der Waals surface area contributed by atoms with Crippen LogP contribution in [-0.2, 0) is 0 Å². The topological polar surface area (TPSA) is 42.4 Å². The van der Waals surface area contributed by atoms with Gasteiger partial charge in [0.25, 0.3) is 5.91 Å². The van der Waals surface area contributed by atoms with Crippen LogP contribution in [0.4, 0.5) is 0 Å². The lowest BCUT2D eigenvalue weighted by molar-refractivity contribution is 0.0549. The first-order chi connectivity index (χ1) is 16.1. The molecule has 0 N–H and O–H groups in total. The van der Waals surface area contributed by atoms with Crippen LogP contribution >= 0.6 is 0 Å². The molecule has 0 saturated carbocycles. The van der Waals surface area contributed by atoms with Gasteiger partial charge in [-0.25, -0.2) is 4.99 Å². The first kappa shape index (κ1) is 21.9.